The Balaban J connectivity index is 2.83. The average Bonchev–Trinajstić information content (AvgIpc) is 2.21. The number of hydrogen-bond donors (Lipinski definition) is 1. The minimum absolute atomic E-state index is 0.00986. The van der Waals surface area contributed by atoms with Gasteiger partial charge >= 0.3 is 0 Å². The van der Waals surface area contributed by atoms with Gasteiger partial charge in [-0.2, -0.15) is 0 Å². The van der Waals surface area contributed by atoms with Crippen molar-refractivity contribution < 1.29 is 9.90 Å². The van der Waals surface area contributed by atoms with Crippen LogP contribution in [0.25, 0.3) is 6.08 Å². The average molecular weight is 255 g/mol. The molecule has 74 valence electrons. The zero-order valence-electron chi connectivity index (χ0n) is 7.61. The van der Waals surface area contributed by atoms with Gasteiger partial charge in [0.15, 0.2) is 0 Å². The predicted octanol–water partition coefficient (Wildman–Crippen LogP) is 2.54. The lowest BCUT2D eigenvalue weighted by molar-refractivity contribution is -0.107. The maximum absolute atomic E-state index is 10.1. The summed E-state index contributed by atoms with van der Waals surface area (Å²) in [7, 11) is 0. The first kappa shape index (κ1) is 11.1. The molecule has 1 aromatic carbocycles. The van der Waals surface area contributed by atoms with Gasteiger partial charge in [0.05, 0.1) is 6.61 Å². The van der Waals surface area contributed by atoms with Crippen molar-refractivity contribution >= 4 is 28.3 Å². The van der Waals surface area contributed by atoms with E-state index in [0.717, 1.165) is 21.9 Å². The van der Waals surface area contributed by atoms with Crippen LogP contribution in [0.1, 0.15) is 17.5 Å². The molecule has 0 saturated carbocycles. The molecule has 14 heavy (non-hydrogen) atoms. The smallest absolute Gasteiger partial charge is 0.123 e. The van der Waals surface area contributed by atoms with Crippen LogP contribution >= 0.6 is 15.9 Å². The molecule has 1 aromatic rings. The predicted molar refractivity (Wildman–Crippen MR) is 59.8 cm³/mol. The zero-order valence-corrected chi connectivity index (χ0v) is 9.20. The van der Waals surface area contributed by atoms with Crippen molar-refractivity contribution in [3.05, 3.63) is 39.9 Å². The number of allylic oxidation sites excluding steroid dienone is 1. The summed E-state index contributed by atoms with van der Waals surface area (Å²) in [5.41, 5.74) is 1.83. The molecule has 0 aliphatic carbocycles. The normalized spacial score (nSPS) is 10.7. The van der Waals surface area contributed by atoms with Crippen molar-refractivity contribution in [3.8, 4) is 0 Å². The first-order valence-corrected chi connectivity index (χ1v) is 5.06. The van der Waals surface area contributed by atoms with Crippen LogP contribution in [-0.2, 0) is 11.4 Å². The van der Waals surface area contributed by atoms with Gasteiger partial charge in [0, 0.05) is 10.9 Å². The molecule has 0 saturated heterocycles. The summed E-state index contributed by atoms with van der Waals surface area (Å²) >= 11 is 3.33. The highest BCUT2D eigenvalue weighted by Gasteiger charge is 1.97. The third-order valence-electron chi connectivity index (χ3n) is 1.78. The number of carbonyl (C=O) groups excluding carboxylic acids is 1. The largest absolute Gasteiger partial charge is 0.392 e. The number of aliphatic hydroxyl groups is 1. The van der Waals surface area contributed by atoms with E-state index in [2.05, 4.69) is 15.9 Å². The Morgan fingerprint density at radius 3 is 2.86 bits per heavy atom. The fraction of sp³-hybridized carbons (Fsp3) is 0.182. The van der Waals surface area contributed by atoms with Gasteiger partial charge in [-0.05, 0) is 23.3 Å². The number of carbonyl (C=O) groups is 1. The van der Waals surface area contributed by atoms with Crippen LogP contribution in [0.3, 0.4) is 0 Å². The van der Waals surface area contributed by atoms with E-state index in [1.165, 1.54) is 0 Å². The van der Waals surface area contributed by atoms with Crippen molar-refractivity contribution in [3.63, 3.8) is 0 Å². The van der Waals surface area contributed by atoms with E-state index >= 15 is 0 Å². The number of rotatable bonds is 4. The molecule has 0 unspecified atom stereocenters. The number of aliphatic hydroxyl groups excluding tert-OH is 1. The maximum atomic E-state index is 10.1. The topological polar surface area (TPSA) is 37.3 Å². The Hall–Kier alpha value is -0.930. The van der Waals surface area contributed by atoms with Crippen molar-refractivity contribution in [2.75, 3.05) is 0 Å². The number of halogens is 1. The maximum Gasteiger partial charge on any atom is 0.123 e. The fourth-order valence-corrected chi connectivity index (χ4v) is 1.45. The molecule has 1 N–H and O–H groups in total. The molecule has 0 heterocycles. The van der Waals surface area contributed by atoms with E-state index < -0.39 is 0 Å². The van der Waals surface area contributed by atoms with Crippen molar-refractivity contribution in [1.29, 1.82) is 0 Å². The molecule has 0 bridgehead atoms. The number of hydrogen-bond acceptors (Lipinski definition) is 2. The summed E-state index contributed by atoms with van der Waals surface area (Å²) < 4.78 is 0.896. The molecule has 0 amide bonds. The Morgan fingerprint density at radius 1 is 1.43 bits per heavy atom. The lowest BCUT2D eigenvalue weighted by Gasteiger charge is -2.01. The Morgan fingerprint density at radius 2 is 2.21 bits per heavy atom. The van der Waals surface area contributed by atoms with Crippen molar-refractivity contribution in [1.82, 2.24) is 0 Å². The van der Waals surface area contributed by atoms with Crippen molar-refractivity contribution in [2.24, 2.45) is 0 Å². The SMILES string of the molecule is O=CCC=Cc1ccc(Br)c(CO)c1. The summed E-state index contributed by atoms with van der Waals surface area (Å²) in [6.07, 6.45) is 4.92. The highest BCUT2D eigenvalue weighted by molar-refractivity contribution is 9.10. The van der Waals surface area contributed by atoms with Gasteiger partial charge in [-0.3, -0.25) is 0 Å². The summed E-state index contributed by atoms with van der Waals surface area (Å²) in [4.78, 5) is 10.1. The molecule has 0 atom stereocenters. The van der Waals surface area contributed by atoms with E-state index in [1.54, 1.807) is 6.08 Å². The lowest BCUT2D eigenvalue weighted by atomic mass is 10.1. The van der Waals surface area contributed by atoms with E-state index in [-0.39, 0.29) is 6.61 Å². The van der Waals surface area contributed by atoms with Gasteiger partial charge in [0.1, 0.15) is 6.29 Å². The lowest BCUT2D eigenvalue weighted by Crippen LogP contribution is -1.85. The van der Waals surface area contributed by atoms with E-state index in [0.29, 0.717) is 6.42 Å². The highest BCUT2D eigenvalue weighted by atomic mass is 79.9. The molecule has 2 nitrogen and oxygen atoms in total. The zero-order chi connectivity index (χ0) is 10.4. The van der Waals surface area contributed by atoms with E-state index in [4.69, 9.17) is 5.11 Å². The highest BCUT2D eigenvalue weighted by Crippen LogP contribution is 2.19. The third-order valence-corrected chi connectivity index (χ3v) is 2.56. The van der Waals surface area contributed by atoms with Gasteiger partial charge in [-0.15, -0.1) is 0 Å². The molecule has 0 fully saturated rings. The summed E-state index contributed by atoms with van der Waals surface area (Å²) in [6, 6.07) is 5.68. The number of benzene rings is 1. The number of aldehydes is 1. The van der Waals surface area contributed by atoms with Gasteiger partial charge in [-0.25, -0.2) is 0 Å². The molecule has 0 aliphatic heterocycles. The van der Waals surface area contributed by atoms with E-state index in [9.17, 15) is 4.79 Å². The molecular formula is C11H11BrO2. The Bertz CT molecular complexity index is 345. The summed E-state index contributed by atoms with van der Waals surface area (Å²) in [5.74, 6) is 0. The fourth-order valence-electron chi connectivity index (χ4n) is 1.08. The summed E-state index contributed by atoms with van der Waals surface area (Å²) in [6.45, 7) is 0.00986. The minimum atomic E-state index is 0.00986. The van der Waals surface area contributed by atoms with Crippen LogP contribution in [0.5, 0.6) is 0 Å². The Kier molecular flexibility index (Phi) is 4.56. The van der Waals surface area contributed by atoms with Gasteiger partial charge < -0.3 is 9.90 Å². The van der Waals surface area contributed by atoms with Gasteiger partial charge in [0.25, 0.3) is 0 Å². The first-order valence-electron chi connectivity index (χ1n) is 4.27. The van der Waals surface area contributed by atoms with Gasteiger partial charge in [-0.1, -0.05) is 34.1 Å². The van der Waals surface area contributed by atoms with Crippen LogP contribution in [0, 0.1) is 0 Å². The van der Waals surface area contributed by atoms with E-state index in [1.807, 2.05) is 24.3 Å². The van der Waals surface area contributed by atoms with Crippen LogP contribution in [-0.4, -0.2) is 11.4 Å². The van der Waals surface area contributed by atoms with Crippen molar-refractivity contribution in [2.45, 2.75) is 13.0 Å². The second-order valence-electron chi connectivity index (χ2n) is 2.81. The molecule has 3 heteroatoms. The Labute approximate surface area is 91.4 Å². The monoisotopic (exact) mass is 254 g/mol. The standard InChI is InChI=1S/C11H11BrO2/c12-11-5-4-9(3-1-2-6-13)7-10(11)8-14/h1,3-7,14H,2,8H2. The van der Waals surface area contributed by atoms with Crippen LogP contribution in [0.4, 0.5) is 0 Å². The molecule has 1 rings (SSSR count). The quantitative estimate of drug-likeness (QED) is 0.839. The molecule has 0 spiro atoms. The third kappa shape index (κ3) is 3.09. The minimum Gasteiger partial charge on any atom is -0.392 e. The molecular weight excluding hydrogens is 244 g/mol. The van der Waals surface area contributed by atoms with Crippen LogP contribution < -0.4 is 0 Å². The first-order chi connectivity index (χ1) is 6.77. The van der Waals surface area contributed by atoms with Gasteiger partial charge in [0.2, 0.25) is 0 Å². The molecule has 0 aliphatic rings. The van der Waals surface area contributed by atoms with Crippen LogP contribution in [0.15, 0.2) is 28.7 Å². The van der Waals surface area contributed by atoms with Crippen LogP contribution in [0.2, 0.25) is 0 Å². The summed E-state index contributed by atoms with van der Waals surface area (Å²) in [5, 5.41) is 9.00. The second kappa shape index (κ2) is 5.73. The second-order valence-corrected chi connectivity index (χ2v) is 3.67. The molecule has 0 aromatic heterocycles. The molecule has 0 radical (unpaired) electrons.